The summed E-state index contributed by atoms with van der Waals surface area (Å²) in [6, 6.07) is -0.751. The number of β-lactam (4-membered cyclic amide) rings is 1. The second kappa shape index (κ2) is 7.26. The third-order valence-corrected chi connectivity index (χ3v) is 5.65. The summed E-state index contributed by atoms with van der Waals surface area (Å²) >= 11 is 0. The van der Waals surface area contributed by atoms with Crippen molar-refractivity contribution in [3.8, 4) is 0 Å². The summed E-state index contributed by atoms with van der Waals surface area (Å²) in [5, 5.41) is 12.7. The Labute approximate surface area is 151 Å². The van der Waals surface area contributed by atoms with E-state index in [1.807, 2.05) is 0 Å². The molecule has 4 atom stereocenters. The molecule has 144 valence electrons. The number of hydrogen-bond donors (Lipinski definition) is 3. The van der Waals surface area contributed by atoms with E-state index in [9.17, 15) is 32.1 Å². The lowest BCUT2D eigenvalue weighted by molar-refractivity contribution is -0.160. The van der Waals surface area contributed by atoms with Crippen LogP contribution in [-0.4, -0.2) is 57.1 Å². The van der Waals surface area contributed by atoms with Gasteiger partial charge in [0.05, 0.1) is 33.8 Å². The fourth-order valence-corrected chi connectivity index (χ4v) is 4.51. The van der Waals surface area contributed by atoms with E-state index in [0.29, 0.717) is 0 Å². The van der Waals surface area contributed by atoms with E-state index in [2.05, 4.69) is 9.50 Å². The van der Waals surface area contributed by atoms with Crippen LogP contribution in [0.4, 0.5) is 0 Å². The summed E-state index contributed by atoms with van der Waals surface area (Å²) in [7, 11) is -6.71. The van der Waals surface area contributed by atoms with Crippen LogP contribution in [-0.2, 0) is 39.8 Å². The minimum Gasteiger partial charge on any atom is -0.477 e. The summed E-state index contributed by atoms with van der Waals surface area (Å²) < 4.78 is 47.1. The van der Waals surface area contributed by atoms with E-state index in [4.69, 9.17) is 4.55 Å². The van der Waals surface area contributed by atoms with E-state index >= 15 is 0 Å². The maximum atomic E-state index is 12.3. The molecule has 0 aromatic rings. The van der Waals surface area contributed by atoms with Gasteiger partial charge in [-0.05, 0) is 6.92 Å². The van der Waals surface area contributed by atoms with Crippen LogP contribution in [0, 0.1) is 5.92 Å². The predicted octanol–water partition coefficient (Wildman–Crippen LogP) is -0.923. The predicted molar refractivity (Wildman–Crippen MR) is 86.6 cm³/mol. The monoisotopic (exact) mass is 408 g/mol. The zero-order valence-corrected chi connectivity index (χ0v) is 15.2. The van der Waals surface area contributed by atoms with E-state index in [1.54, 1.807) is 0 Å². The molecule has 0 aromatic carbocycles. The Balaban J connectivity index is 2.24. The fourth-order valence-electron chi connectivity index (χ4n) is 2.94. The first kappa shape index (κ1) is 20.2. The van der Waals surface area contributed by atoms with Gasteiger partial charge >= 0.3 is 16.4 Å². The Hall–Kier alpha value is -2.09. The van der Waals surface area contributed by atoms with Gasteiger partial charge in [-0.2, -0.15) is 8.42 Å². The Kier molecular flexibility index (Phi) is 5.65. The molecule has 2 aliphatic rings. The number of nitrogens with zero attached hydrogens (tertiary/aromatic N) is 1. The largest absolute Gasteiger partial charge is 0.477 e. The molecule has 0 bridgehead atoms. The Morgan fingerprint density at radius 3 is 2.58 bits per heavy atom. The number of rotatable bonds is 7. The summed E-state index contributed by atoms with van der Waals surface area (Å²) in [5.41, 5.74) is -0.443. The van der Waals surface area contributed by atoms with Gasteiger partial charge in [-0.15, -0.1) is 0 Å². The lowest BCUT2D eigenvalue weighted by atomic mass is 9.83. The number of nitrogens with one attached hydrogen (secondary N) is 1. The van der Waals surface area contributed by atoms with Crippen molar-refractivity contribution in [3.05, 3.63) is 22.2 Å². The van der Waals surface area contributed by atoms with Crippen molar-refractivity contribution in [2.24, 2.45) is 5.92 Å². The Morgan fingerprint density at radius 1 is 1.46 bits per heavy atom. The molecule has 0 radical (unpaired) electrons. The van der Waals surface area contributed by atoms with E-state index in [1.165, 1.54) is 13.8 Å². The van der Waals surface area contributed by atoms with Crippen molar-refractivity contribution < 1.29 is 40.9 Å². The quantitative estimate of drug-likeness (QED) is 0.356. The molecule has 26 heavy (non-hydrogen) atoms. The van der Waals surface area contributed by atoms with Gasteiger partial charge in [-0.25, -0.2) is 13.2 Å². The first-order valence-corrected chi connectivity index (χ1v) is 9.81. The maximum absolute atomic E-state index is 12.3. The average Bonchev–Trinajstić information content (AvgIpc) is 2.80. The van der Waals surface area contributed by atoms with Crippen molar-refractivity contribution in [2.45, 2.75) is 32.4 Å². The first-order valence-electron chi connectivity index (χ1n) is 7.23. The SMILES string of the molecule is CC(=O)N/C=C/S(=O)C1=C(C(=O)O)N2C(=O)[C@@H](C(C)OS(=O)(=O)O)[C@H]2C1. The maximum Gasteiger partial charge on any atom is 0.397 e. The number of fused-ring (bicyclic) bond motifs is 1. The van der Waals surface area contributed by atoms with E-state index in [0.717, 1.165) is 16.5 Å². The number of amides is 2. The molecule has 2 unspecified atom stereocenters. The van der Waals surface area contributed by atoms with Crippen LogP contribution >= 0.6 is 0 Å². The number of carboxylic acid groups (broad SMARTS) is 1. The van der Waals surface area contributed by atoms with Gasteiger partial charge in [0.2, 0.25) is 11.8 Å². The summed E-state index contributed by atoms with van der Waals surface area (Å²) in [6.07, 6.45) is -0.200. The van der Waals surface area contributed by atoms with Crippen LogP contribution in [0.5, 0.6) is 0 Å². The second-order valence-electron chi connectivity index (χ2n) is 5.61. The number of aliphatic carboxylic acids is 1. The molecular weight excluding hydrogens is 392 g/mol. The summed E-state index contributed by atoms with van der Waals surface area (Å²) in [4.78, 5) is 35.4. The molecule has 3 N–H and O–H groups in total. The molecular formula is C13H16N2O9S2. The van der Waals surface area contributed by atoms with Crippen molar-refractivity contribution in [2.75, 3.05) is 0 Å². The van der Waals surface area contributed by atoms with Crippen molar-refractivity contribution in [1.29, 1.82) is 0 Å². The van der Waals surface area contributed by atoms with Crippen LogP contribution in [0.1, 0.15) is 20.3 Å². The Bertz CT molecular complexity index is 846. The zero-order valence-electron chi connectivity index (χ0n) is 13.6. The molecule has 13 heteroatoms. The van der Waals surface area contributed by atoms with Gasteiger partial charge in [0.25, 0.3) is 0 Å². The van der Waals surface area contributed by atoms with Gasteiger partial charge in [-0.3, -0.25) is 14.1 Å². The first-order chi connectivity index (χ1) is 11.9. The number of carbonyl (C=O) groups excluding carboxylic acids is 2. The molecule has 2 aliphatic heterocycles. The van der Waals surface area contributed by atoms with Crippen LogP contribution in [0.2, 0.25) is 0 Å². The van der Waals surface area contributed by atoms with Crippen LogP contribution in [0.25, 0.3) is 0 Å². The van der Waals surface area contributed by atoms with Crippen LogP contribution in [0.3, 0.4) is 0 Å². The topological polar surface area (TPSA) is 167 Å². The summed E-state index contributed by atoms with van der Waals surface area (Å²) in [6.45, 7) is 2.48. The zero-order chi connectivity index (χ0) is 19.8. The highest BCUT2D eigenvalue weighted by Crippen LogP contribution is 2.45. The third kappa shape index (κ3) is 4.00. The smallest absolute Gasteiger partial charge is 0.397 e. The van der Waals surface area contributed by atoms with Gasteiger partial charge in [-0.1, -0.05) is 0 Å². The number of carbonyl (C=O) groups is 3. The summed E-state index contributed by atoms with van der Waals surface area (Å²) in [5.74, 6) is -3.59. The lowest BCUT2D eigenvalue weighted by Gasteiger charge is -2.45. The van der Waals surface area contributed by atoms with Gasteiger partial charge < -0.3 is 15.3 Å². The molecule has 11 nitrogen and oxygen atoms in total. The van der Waals surface area contributed by atoms with Crippen LogP contribution in [0.15, 0.2) is 22.2 Å². The van der Waals surface area contributed by atoms with Gasteiger partial charge in [0, 0.05) is 25.0 Å². The normalized spacial score (nSPS) is 25.0. The number of carboxylic acids is 1. The minimum absolute atomic E-state index is 0.0426. The lowest BCUT2D eigenvalue weighted by Crippen LogP contribution is -2.62. The minimum atomic E-state index is -4.79. The van der Waals surface area contributed by atoms with Crippen molar-refractivity contribution >= 4 is 39.0 Å². The van der Waals surface area contributed by atoms with E-state index in [-0.39, 0.29) is 11.3 Å². The third-order valence-electron chi connectivity index (χ3n) is 3.87. The molecule has 0 saturated carbocycles. The number of hydrogen-bond acceptors (Lipinski definition) is 7. The fraction of sp³-hybridized carbons (Fsp3) is 0.462. The standard InChI is InChI=1S/C13H16N2O9S2/c1-6(24-26(21,22)23)10-8-5-9(25(20)4-3-14-7(2)16)11(13(18)19)15(8)12(10)17/h3-4,6,8,10H,5H2,1-2H3,(H,14,16)(H,18,19)(H,21,22,23)/b4-3+/t6?,8-,10+,25?/m1/s1. The average molecular weight is 408 g/mol. The highest BCUT2D eigenvalue weighted by atomic mass is 32.3. The van der Waals surface area contributed by atoms with Crippen molar-refractivity contribution in [1.82, 2.24) is 10.2 Å². The van der Waals surface area contributed by atoms with E-state index < -0.39 is 62.7 Å². The Morgan fingerprint density at radius 2 is 2.08 bits per heavy atom. The molecule has 0 aliphatic carbocycles. The molecule has 1 saturated heterocycles. The molecule has 1 fully saturated rings. The van der Waals surface area contributed by atoms with Gasteiger partial charge in [0.1, 0.15) is 5.70 Å². The molecule has 2 amide bonds. The molecule has 0 aromatic heterocycles. The van der Waals surface area contributed by atoms with Gasteiger partial charge in [0.15, 0.2) is 0 Å². The molecule has 2 rings (SSSR count). The van der Waals surface area contributed by atoms with Crippen molar-refractivity contribution in [3.63, 3.8) is 0 Å². The highest BCUT2D eigenvalue weighted by molar-refractivity contribution is 7.91. The molecule has 0 spiro atoms. The second-order valence-corrected chi connectivity index (χ2v) is 8.02. The highest BCUT2D eigenvalue weighted by Gasteiger charge is 2.58. The molecule has 2 heterocycles. The van der Waals surface area contributed by atoms with Crippen LogP contribution < -0.4 is 5.32 Å².